The van der Waals surface area contributed by atoms with Gasteiger partial charge in [-0.1, -0.05) is 11.6 Å². The zero-order valence-corrected chi connectivity index (χ0v) is 10.9. The van der Waals surface area contributed by atoms with Crippen LogP contribution in [0.1, 0.15) is 30.5 Å². The lowest BCUT2D eigenvalue weighted by Crippen LogP contribution is -2.05. The minimum atomic E-state index is -0.891. The molecular weight excluding hydrogens is 216 g/mol. The molecule has 0 saturated heterocycles. The Morgan fingerprint density at radius 2 is 1.76 bits per heavy atom. The lowest BCUT2D eigenvalue weighted by molar-refractivity contribution is -0.130. The summed E-state index contributed by atoms with van der Waals surface area (Å²) in [7, 11) is 1.61. The molecule has 17 heavy (non-hydrogen) atoms. The van der Waals surface area contributed by atoms with E-state index in [0.29, 0.717) is 5.57 Å². The monoisotopic (exact) mass is 234 g/mol. The first-order valence-electron chi connectivity index (χ1n) is 5.45. The van der Waals surface area contributed by atoms with Crippen molar-refractivity contribution in [2.75, 3.05) is 7.11 Å². The Bertz CT molecular complexity index is 480. The van der Waals surface area contributed by atoms with Crippen LogP contribution in [0.15, 0.2) is 17.7 Å². The molecule has 0 aliphatic heterocycles. The molecule has 0 heterocycles. The average molecular weight is 234 g/mol. The second-order valence-corrected chi connectivity index (χ2v) is 4.25. The second-order valence-electron chi connectivity index (χ2n) is 4.25. The summed E-state index contributed by atoms with van der Waals surface area (Å²) in [6.07, 6.45) is 0. The molecule has 92 valence electrons. The van der Waals surface area contributed by atoms with Crippen molar-refractivity contribution >= 4 is 11.5 Å². The number of hydrogen-bond acceptors (Lipinski definition) is 2. The number of rotatable bonds is 3. The summed E-state index contributed by atoms with van der Waals surface area (Å²) in [5.41, 5.74) is 3.85. The van der Waals surface area contributed by atoms with Gasteiger partial charge in [-0.2, -0.15) is 0 Å². The molecule has 0 aromatic heterocycles. The maximum absolute atomic E-state index is 11.3. The van der Waals surface area contributed by atoms with Gasteiger partial charge in [0, 0.05) is 0 Å². The maximum atomic E-state index is 11.3. The number of benzene rings is 1. The molecule has 3 heteroatoms. The van der Waals surface area contributed by atoms with Crippen molar-refractivity contribution in [3.8, 4) is 5.75 Å². The van der Waals surface area contributed by atoms with Crippen LogP contribution in [0.5, 0.6) is 5.75 Å². The lowest BCUT2D eigenvalue weighted by Gasteiger charge is -2.14. The third kappa shape index (κ3) is 2.49. The van der Waals surface area contributed by atoms with E-state index in [0.717, 1.165) is 28.0 Å². The van der Waals surface area contributed by atoms with Gasteiger partial charge in [0.15, 0.2) is 0 Å². The molecule has 1 aromatic rings. The Morgan fingerprint density at radius 3 is 2.18 bits per heavy atom. The number of ether oxygens (including phenoxy) is 1. The number of carbonyl (C=O) groups is 1. The molecule has 1 rings (SSSR count). The fraction of sp³-hybridized carbons (Fsp3) is 0.357. The average Bonchev–Trinajstić information content (AvgIpc) is 2.24. The highest BCUT2D eigenvalue weighted by Crippen LogP contribution is 2.29. The molecule has 0 aliphatic rings. The number of allylic oxidation sites excluding steroid dienone is 1. The predicted molar refractivity (Wildman–Crippen MR) is 68.4 cm³/mol. The van der Waals surface area contributed by atoms with Crippen LogP contribution in [0.2, 0.25) is 0 Å². The van der Waals surface area contributed by atoms with E-state index in [2.05, 4.69) is 0 Å². The molecule has 0 saturated carbocycles. The summed E-state index contributed by atoms with van der Waals surface area (Å²) in [5, 5.41) is 9.25. The molecule has 0 unspecified atom stereocenters. The largest absolute Gasteiger partial charge is 0.496 e. The number of hydrogen-bond donors (Lipinski definition) is 1. The van der Waals surface area contributed by atoms with Crippen molar-refractivity contribution in [2.45, 2.75) is 27.7 Å². The van der Waals surface area contributed by atoms with Crippen molar-refractivity contribution in [3.05, 3.63) is 34.4 Å². The van der Waals surface area contributed by atoms with Crippen LogP contribution >= 0.6 is 0 Å². The molecule has 3 nitrogen and oxygen atoms in total. The number of aliphatic carboxylic acids is 1. The van der Waals surface area contributed by atoms with Crippen LogP contribution in [-0.2, 0) is 4.79 Å². The molecule has 0 radical (unpaired) electrons. The molecule has 0 bridgehead atoms. The second kappa shape index (κ2) is 5.04. The SMILES string of the molecule is COc1ccc(C(C(=O)O)=C(C)C)c(C)c1C. The summed E-state index contributed by atoms with van der Waals surface area (Å²) in [5.74, 6) is -0.109. The lowest BCUT2D eigenvalue weighted by atomic mass is 9.94. The number of carboxylic acids is 1. The molecule has 1 aromatic carbocycles. The molecular formula is C14H18O3. The van der Waals surface area contributed by atoms with Crippen LogP contribution < -0.4 is 4.74 Å². The minimum Gasteiger partial charge on any atom is -0.496 e. The summed E-state index contributed by atoms with van der Waals surface area (Å²) >= 11 is 0. The zero-order chi connectivity index (χ0) is 13.2. The fourth-order valence-electron chi connectivity index (χ4n) is 1.89. The van der Waals surface area contributed by atoms with Crippen molar-refractivity contribution in [1.29, 1.82) is 0 Å². The first-order chi connectivity index (χ1) is 7.90. The maximum Gasteiger partial charge on any atom is 0.336 e. The van der Waals surface area contributed by atoms with Gasteiger partial charge in [-0.05, 0) is 50.5 Å². The molecule has 0 aliphatic carbocycles. The topological polar surface area (TPSA) is 46.5 Å². The van der Waals surface area contributed by atoms with E-state index in [-0.39, 0.29) is 0 Å². The normalized spacial score (nSPS) is 9.94. The Balaban J connectivity index is 3.48. The third-order valence-electron chi connectivity index (χ3n) is 2.94. The van der Waals surface area contributed by atoms with E-state index >= 15 is 0 Å². The molecule has 0 fully saturated rings. The molecule has 0 atom stereocenters. The van der Waals surface area contributed by atoms with Gasteiger partial charge in [0.2, 0.25) is 0 Å². The van der Waals surface area contributed by atoms with Crippen LogP contribution in [0, 0.1) is 13.8 Å². The molecule has 0 spiro atoms. The van der Waals surface area contributed by atoms with E-state index in [4.69, 9.17) is 4.74 Å². The van der Waals surface area contributed by atoms with Gasteiger partial charge < -0.3 is 9.84 Å². The smallest absolute Gasteiger partial charge is 0.336 e. The first kappa shape index (κ1) is 13.3. The van der Waals surface area contributed by atoms with Crippen LogP contribution in [0.3, 0.4) is 0 Å². The van der Waals surface area contributed by atoms with Gasteiger partial charge in [0.05, 0.1) is 12.7 Å². The van der Waals surface area contributed by atoms with Crippen molar-refractivity contribution in [2.24, 2.45) is 0 Å². The summed E-state index contributed by atoms with van der Waals surface area (Å²) in [4.78, 5) is 11.3. The van der Waals surface area contributed by atoms with Gasteiger partial charge in [-0.3, -0.25) is 0 Å². The van der Waals surface area contributed by atoms with Gasteiger partial charge in [0.25, 0.3) is 0 Å². The van der Waals surface area contributed by atoms with Crippen molar-refractivity contribution < 1.29 is 14.6 Å². The highest BCUT2D eigenvalue weighted by atomic mass is 16.5. The van der Waals surface area contributed by atoms with Crippen LogP contribution in [0.4, 0.5) is 0 Å². The van der Waals surface area contributed by atoms with Gasteiger partial charge in [0.1, 0.15) is 5.75 Å². The molecule has 0 amide bonds. The zero-order valence-electron chi connectivity index (χ0n) is 10.9. The first-order valence-corrected chi connectivity index (χ1v) is 5.45. The van der Waals surface area contributed by atoms with Crippen LogP contribution in [0.25, 0.3) is 5.57 Å². The van der Waals surface area contributed by atoms with E-state index < -0.39 is 5.97 Å². The minimum absolute atomic E-state index is 0.369. The van der Waals surface area contributed by atoms with Gasteiger partial charge in [-0.25, -0.2) is 4.79 Å². The standard InChI is InChI=1S/C14H18O3/c1-8(2)13(14(15)16)11-6-7-12(17-5)10(4)9(11)3/h6-7H,1-5H3,(H,15,16). The Labute approximate surface area is 102 Å². The summed E-state index contributed by atoms with van der Waals surface area (Å²) in [6.45, 7) is 7.46. The van der Waals surface area contributed by atoms with Crippen molar-refractivity contribution in [1.82, 2.24) is 0 Å². The Kier molecular flexibility index (Phi) is 3.94. The van der Waals surface area contributed by atoms with Crippen molar-refractivity contribution in [3.63, 3.8) is 0 Å². The van der Waals surface area contributed by atoms with Crippen LogP contribution in [-0.4, -0.2) is 18.2 Å². The summed E-state index contributed by atoms with van der Waals surface area (Å²) < 4.78 is 5.22. The van der Waals surface area contributed by atoms with E-state index in [1.54, 1.807) is 13.2 Å². The number of methoxy groups -OCH3 is 1. The third-order valence-corrected chi connectivity index (χ3v) is 2.94. The fourth-order valence-corrected chi connectivity index (χ4v) is 1.89. The predicted octanol–water partition coefficient (Wildman–Crippen LogP) is 3.19. The Morgan fingerprint density at radius 1 is 1.18 bits per heavy atom. The Hall–Kier alpha value is -1.77. The van der Waals surface area contributed by atoms with E-state index in [9.17, 15) is 9.90 Å². The quantitative estimate of drug-likeness (QED) is 0.817. The van der Waals surface area contributed by atoms with E-state index in [1.807, 2.05) is 33.8 Å². The highest BCUT2D eigenvalue weighted by molar-refractivity contribution is 6.16. The highest BCUT2D eigenvalue weighted by Gasteiger charge is 2.16. The molecule has 1 N–H and O–H groups in total. The van der Waals surface area contributed by atoms with Gasteiger partial charge in [-0.15, -0.1) is 0 Å². The number of carboxylic acid groups (broad SMARTS) is 1. The van der Waals surface area contributed by atoms with E-state index in [1.165, 1.54) is 0 Å². The summed E-state index contributed by atoms with van der Waals surface area (Å²) in [6, 6.07) is 3.61. The van der Waals surface area contributed by atoms with Gasteiger partial charge >= 0.3 is 5.97 Å².